The lowest BCUT2D eigenvalue weighted by Gasteiger charge is -2.25. The van der Waals surface area contributed by atoms with Gasteiger partial charge < -0.3 is 45.1 Å². The van der Waals surface area contributed by atoms with Crippen molar-refractivity contribution < 1.29 is 43.9 Å². The minimum Gasteiger partial charge on any atom is -0.394 e. The molecule has 1 aliphatic heterocycles. The van der Waals surface area contributed by atoms with Gasteiger partial charge in [0.25, 0.3) is 11.8 Å². The first-order chi connectivity index (χ1) is 16.9. The van der Waals surface area contributed by atoms with Crippen molar-refractivity contribution in [1.29, 1.82) is 0 Å². The number of hydrogen-bond donors (Lipinski definition) is 5. The van der Waals surface area contributed by atoms with Crippen LogP contribution in [0.4, 0.5) is 5.69 Å². The molecule has 5 N–H and O–H groups in total. The van der Waals surface area contributed by atoms with Crippen molar-refractivity contribution >= 4 is 91.2 Å². The Kier molecular flexibility index (Phi) is 12.5. The van der Waals surface area contributed by atoms with E-state index in [9.17, 15) is 24.6 Å². The topological polar surface area (TPSA) is 167 Å². The molecular formula is C21H28I3N3O9. The number of ether oxygens (including phenoxy) is 3. The van der Waals surface area contributed by atoms with E-state index < -0.39 is 42.3 Å². The second kappa shape index (κ2) is 14.1. The van der Waals surface area contributed by atoms with E-state index in [1.54, 1.807) is 14.0 Å². The molecule has 0 bridgehead atoms. The van der Waals surface area contributed by atoms with Crippen LogP contribution in [0, 0.1) is 10.7 Å². The summed E-state index contributed by atoms with van der Waals surface area (Å²) in [4.78, 5) is 40.4. The van der Waals surface area contributed by atoms with Crippen molar-refractivity contribution in [2.75, 3.05) is 59.0 Å². The highest BCUT2D eigenvalue weighted by Crippen LogP contribution is 2.36. The maximum Gasteiger partial charge on any atom is 0.255 e. The van der Waals surface area contributed by atoms with Crippen molar-refractivity contribution in [3.8, 4) is 0 Å². The predicted molar refractivity (Wildman–Crippen MR) is 154 cm³/mol. The van der Waals surface area contributed by atoms with Crippen molar-refractivity contribution in [3.63, 3.8) is 0 Å². The van der Waals surface area contributed by atoms with Crippen LogP contribution in [0.25, 0.3) is 0 Å². The van der Waals surface area contributed by atoms with Gasteiger partial charge in [0.1, 0.15) is 12.7 Å². The van der Waals surface area contributed by atoms with Gasteiger partial charge in [0, 0.05) is 30.8 Å². The maximum absolute atomic E-state index is 13.6. The molecule has 1 aromatic carbocycles. The van der Waals surface area contributed by atoms with Crippen LogP contribution in [-0.2, 0) is 19.0 Å². The van der Waals surface area contributed by atoms with Crippen molar-refractivity contribution in [3.05, 3.63) is 21.8 Å². The number of amides is 3. The average molecular weight is 847 g/mol. The molecule has 36 heavy (non-hydrogen) atoms. The van der Waals surface area contributed by atoms with Gasteiger partial charge in [-0.2, -0.15) is 0 Å². The van der Waals surface area contributed by atoms with Crippen LogP contribution in [0.1, 0.15) is 27.6 Å². The number of carbonyl (C=O) groups is 3. The van der Waals surface area contributed by atoms with Crippen LogP contribution in [-0.4, -0.2) is 110 Å². The van der Waals surface area contributed by atoms with Crippen LogP contribution in [0.2, 0.25) is 0 Å². The van der Waals surface area contributed by atoms with Gasteiger partial charge >= 0.3 is 0 Å². The molecule has 3 atom stereocenters. The molecule has 1 aromatic rings. The molecule has 15 heteroatoms. The Morgan fingerprint density at radius 2 is 1.83 bits per heavy atom. The quantitative estimate of drug-likeness (QED) is 0.198. The minimum atomic E-state index is -1.15. The van der Waals surface area contributed by atoms with Gasteiger partial charge in [0.2, 0.25) is 5.91 Å². The molecule has 202 valence electrons. The minimum absolute atomic E-state index is 0.138. The van der Waals surface area contributed by atoms with Crippen LogP contribution in [0.5, 0.6) is 0 Å². The third kappa shape index (κ3) is 7.80. The van der Waals surface area contributed by atoms with Crippen molar-refractivity contribution in [1.82, 2.24) is 10.2 Å². The molecule has 12 nitrogen and oxygen atoms in total. The molecule has 1 fully saturated rings. The summed E-state index contributed by atoms with van der Waals surface area (Å²) in [6, 6.07) is 0. The monoisotopic (exact) mass is 847 g/mol. The standard InChI is InChI=1S/C21H28I3N3O9/c1-21(9-29)35-7-11(36-21)5-27(2)20(33)14-15(22)13(19(32)25-4-10(30)6-28)16(23)18(17(14)24)26-12(31)8-34-3/h10-11,28-30H,4-9H2,1-3H3,(H,25,32)(H,26,31). The zero-order valence-corrected chi connectivity index (χ0v) is 26.2. The summed E-state index contributed by atoms with van der Waals surface area (Å²) in [5, 5.41) is 33.4. The molecule has 0 aliphatic carbocycles. The van der Waals surface area contributed by atoms with Gasteiger partial charge in [-0.15, -0.1) is 0 Å². The molecule has 1 saturated heterocycles. The third-order valence-electron chi connectivity index (χ3n) is 5.11. The molecule has 0 radical (unpaired) electrons. The first-order valence-corrected chi connectivity index (χ1v) is 13.9. The second-order valence-electron chi connectivity index (χ2n) is 8.12. The summed E-state index contributed by atoms with van der Waals surface area (Å²) >= 11 is 5.78. The Balaban J connectivity index is 2.47. The number of nitrogens with one attached hydrogen (secondary N) is 2. The fourth-order valence-corrected chi connectivity index (χ4v) is 7.66. The van der Waals surface area contributed by atoms with E-state index >= 15 is 0 Å². The molecule has 1 aliphatic rings. The summed E-state index contributed by atoms with van der Waals surface area (Å²) in [6.45, 7) is 0.654. The van der Waals surface area contributed by atoms with E-state index in [4.69, 9.17) is 19.3 Å². The molecule has 0 aromatic heterocycles. The summed E-state index contributed by atoms with van der Waals surface area (Å²) in [6.07, 6.45) is -1.63. The molecule has 3 unspecified atom stereocenters. The zero-order chi connectivity index (χ0) is 27.2. The largest absolute Gasteiger partial charge is 0.394 e. The fourth-order valence-electron chi connectivity index (χ4n) is 3.27. The summed E-state index contributed by atoms with van der Waals surface area (Å²) in [7, 11) is 2.94. The van der Waals surface area contributed by atoms with Gasteiger partial charge in [0.05, 0.1) is 49.9 Å². The number of anilines is 1. The van der Waals surface area contributed by atoms with Crippen LogP contribution in [0.15, 0.2) is 0 Å². The Hall–Kier alpha value is -0.420. The van der Waals surface area contributed by atoms with Crippen molar-refractivity contribution in [2.45, 2.75) is 24.9 Å². The zero-order valence-electron chi connectivity index (χ0n) is 19.8. The van der Waals surface area contributed by atoms with Gasteiger partial charge in [0.15, 0.2) is 5.79 Å². The van der Waals surface area contributed by atoms with Crippen molar-refractivity contribution in [2.24, 2.45) is 0 Å². The van der Waals surface area contributed by atoms with Gasteiger partial charge in [-0.3, -0.25) is 14.4 Å². The highest BCUT2D eigenvalue weighted by Gasteiger charge is 2.38. The van der Waals surface area contributed by atoms with Gasteiger partial charge in [-0.1, -0.05) is 0 Å². The summed E-state index contributed by atoms with van der Waals surface area (Å²) < 4.78 is 17.3. The molecule has 2 rings (SSSR count). The van der Waals surface area contributed by atoms with E-state index in [-0.39, 0.29) is 49.7 Å². The SMILES string of the molecule is COCC(=O)Nc1c(I)c(C(=O)NCC(O)CO)c(I)c(C(=O)N(C)CC2COC(C)(CO)O2)c1I. The Labute approximate surface area is 249 Å². The van der Waals surface area contributed by atoms with Crippen LogP contribution < -0.4 is 10.6 Å². The third-order valence-corrected chi connectivity index (χ3v) is 8.34. The van der Waals surface area contributed by atoms with Crippen LogP contribution in [0.3, 0.4) is 0 Å². The summed E-state index contributed by atoms with van der Waals surface area (Å²) in [5.74, 6) is -2.61. The maximum atomic E-state index is 13.6. The lowest BCUT2D eigenvalue weighted by atomic mass is 10.1. The van der Waals surface area contributed by atoms with Gasteiger partial charge in [-0.05, 0) is 74.7 Å². The number of carbonyl (C=O) groups excluding carboxylic acids is 3. The highest BCUT2D eigenvalue weighted by atomic mass is 127. The fraction of sp³-hybridized carbons (Fsp3) is 0.571. The lowest BCUT2D eigenvalue weighted by molar-refractivity contribution is -0.178. The number of rotatable bonds is 11. The van der Waals surface area contributed by atoms with E-state index in [0.717, 1.165) is 0 Å². The highest BCUT2D eigenvalue weighted by molar-refractivity contribution is 14.1. The van der Waals surface area contributed by atoms with E-state index in [2.05, 4.69) is 10.6 Å². The summed E-state index contributed by atoms with van der Waals surface area (Å²) in [5.41, 5.74) is 0.611. The van der Waals surface area contributed by atoms with E-state index in [1.807, 2.05) is 67.8 Å². The normalized spacial score (nSPS) is 20.2. The second-order valence-corrected chi connectivity index (χ2v) is 11.4. The van der Waals surface area contributed by atoms with E-state index in [0.29, 0.717) is 10.7 Å². The number of halogens is 3. The Bertz CT molecular complexity index is 997. The molecule has 3 amide bonds. The smallest absolute Gasteiger partial charge is 0.255 e. The number of aliphatic hydroxyl groups is 3. The predicted octanol–water partition coefficient (Wildman–Crippen LogP) is 0.364. The molecule has 0 spiro atoms. The number of nitrogens with zero attached hydrogens (tertiary/aromatic N) is 1. The van der Waals surface area contributed by atoms with Gasteiger partial charge in [-0.25, -0.2) is 0 Å². The molecule has 1 heterocycles. The number of benzene rings is 1. The molecular weight excluding hydrogens is 819 g/mol. The average Bonchev–Trinajstić information content (AvgIpc) is 3.21. The first kappa shape index (κ1) is 31.8. The lowest BCUT2D eigenvalue weighted by Crippen LogP contribution is -2.39. The number of aliphatic hydroxyl groups excluding tert-OH is 3. The molecule has 0 saturated carbocycles. The number of hydrogen-bond acceptors (Lipinski definition) is 9. The van der Waals surface area contributed by atoms with Crippen LogP contribution >= 0.6 is 67.8 Å². The first-order valence-electron chi connectivity index (χ1n) is 10.6. The Morgan fingerprint density at radius 3 is 2.39 bits per heavy atom. The van der Waals surface area contributed by atoms with E-state index in [1.165, 1.54) is 12.0 Å². The Morgan fingerprint density at radius 1 is 1.19 bits per heavy atom. The number of likely N-dealkylation sites (N-methyl/N-ethyl adjacent to an activating group) is 1. The number of methoxy groups -OCH3 is 1.